The van der Waals surface area contributed by atoms with E-state index in [4.69, 9.17) is 4.74 Å². The summed E-state index contributed by atoms with van der Waals surface area (Å²) in [5.41, 5.74) is 3.56. The van der Waals surface area contributed by atoms with Crippen molar-refractivity contribution in [3.05, 3.63) is 54.1 Å². The first-order valence-electron chi connectivity index (χ1n) is 10.6. The molecular formula is C26H32O. The SMILES string of the molecule is CCCOc1ccc(-c2ccc(C#C[C@H]3CC[C@H](CCC)CC3)cc2)cc1. The zero-order valence-corrected chi connectivity index (χ0v) is 16.8. The zero-order valence-electron chi connectivity index (χ0n) is 16.8. The van der Waals surface area contributed by atoms with Gasteiger partial charge >= 0.3 is 0 Å². The van der Waals surface area contributed by atoms with Crippen LogP contribution in [0.3, 0.4) is 0 Å². The van der Waals surface area contributed by atoms with Crippen LogP contribution in [0.5, 0.6) is 5.75 Å². The van der Waals surface area contributed by atoms with Crippen molar-refractivity contribution in [3.8, 4) is 28.7 Å². The van der Waals surface area contributed by atoms with Gasteiger partial charge in [0.1, 0.15) is 5.75 Å². The molecule has 1 heteroatoms. The summed E-state index contributed by atoms with van der Waals surface area (Å²) in [4.78, 5) is 0. The lowest BCUT2D eigenvalue weighted by atomic mass is 9.80. The monoisotopic (exact) mass is 360 g/mol. The van der Waals surface area contributed by atoms with E-state index in [0.29, 0.717) is 5.92 Å². The van der Waals surface area contributed by atoms with Gasteiger partial charge in [0.05, 0.1) is 6.61 Å². The molecule has 0 heterocycles. The van der Waals surface area contributed by atoms with Gasteiger partial charge in [-0.3, -0.25) is 0 Å². The van der Waals surface area contributed by atoms with E-state index in [-0.39, 0.29) is 0 Å². The third-order valence-corrected chi connectivity index (χ3v) is 5.51. The molecule has 0 radical (unpaired) electrons. The number of benzene rings is 2. The van der Waals surface area contributed by atoms with Crippen molar-refractivity contribution in [1.29, 1.82) is 0 Å². The van der Waals surface area contributed by atoms with Gasteiger partial charge in [-0.15, -0.1) is 0 Å². The Bertz CT molecular complexity index is 738. The summed E-state index contributed by atoms with van der Waals surface area (Å²) >= 11 is 0. The molecule has 27 heavy (non-hydrogen) atoms. The van der Waals surface area contributed by atoms with Crippen molar-refractivity contribution in [1.82, 2.24) is 0 Å². The van der Waals surface area contributed by atoms with E-state index in [1.165, 1.54) is 49.7 Å². The molecule has 0 atom stereocenters. The molecule has 0 aliphatic heterocycles. The van der Waals surface area contributed by atoms with Gasteiger partial charge in [-0.1, -0.05) is 62.8 Å². The molecule has 1 nitrogen and oxygen atoms in total. The summed E-state index contributed by atoms with van der Waals surface area (Å²) in [5, 5.41) is 0. The Labute approximate surface area is 165 Å². The molecule has 1 fully saturated rings. The molecule has 2 aromatic carbocycles. The van der Waals surface area contributed by atoms with E-state index in [2.05, 4.69) is 62.1 Å². The van der Waals surface area contributed by atoms with Gasteiger partial charge in [-0.2, -0.15) is 0 Å². The van der Waals surface area contributed by atoms with E-state index >= 15 is 0 Å². The van der Waals surface area contributed by atoms with Crippen molar-refractivity contribution in [2.24, 2.45) is 11.8 Å². The van der Waals surface area contributed by atoms with Gasteiger partial charge in [0.25, 0.3) is 0 Å². The minimum atomic E-state index is 0.591. The minimum Gasteiger partial charge on any atom is -0.494 e. The van der Waals surface area contributed by atoms with Gasteiger partial charge < -0.3 is 4.74 Å². The molecule has 1 saturated carbocycles. The molecule has 142 valence electrons. The Hall–Kier alpha value is -2.20. The van der Waals surface area contributed by atoms with Crippen LogP contribution in [0.4, 0.5) is 0 Å². The van der Waals surface area contributed by atoms with Gasteiger partial charge in [-0.05, 0) is 73.4 Å². The summed E-state index contributed by atoms with van der Waals surface area (Å²) in [6.07, 6.45) is 9.04. The molecular weight excluding hydrogens is 328 g/mol. The summed E-state index contributed by atoms with van der Waals surface area (Å²) in [6.45, 7) is 5.19. The molecule has 0 bridgehead atoms. The highest BCUT2D eigenvalue weighted by molar-refractivity contribution is 5.65. The molecule has 0 amide bonds. The minimum absolute atomic E-state index is 0.591. The molecule has 1 aliphatic carbocycles. The third-order valence-electron chi connectivity index (χ3n) is 5.51. The second-order valence-electron chi connectivity index (χ2n) is 7.73. The Balaban J connectivity index is 1.56. The number of rotatable bonds is 6. The van der Waals surface area contributed by atoms with Crippen LogP contribution in [-0.2, 0) is 0 Å². The quantitative estimate of drug-likeness (QED) is 0.499. The van der Waals surface area contributed by atoms with E-state index < -0.39 is 0 Å². The first kappa shape index (κ1) is 19.6. The number of ether oxygens (including phenoxy) is 1. The highest BCUT2D eigenvalue weighted by atomic mass is 16.5. The summed E-state index contributed by atoms with van der Waals surface area (Å²) in [7, 11) is 0. The Morgan fingerprint density at radius 3 is 2.04 bits per heavy atom. The zero-order chi connectivity index (χ0) is 18.9. The molecule has 0 N–H and O–H groups in total. The van der Waals surface area contributed by atoms with Gasteiger partial charge in [-0.25, -0.2) is 0 Å². The van der Waals surface area contributed by atoms with E-state index in [1.807, 2.05) is 12.1 Å². The second kappa shape index (κ2) is 10.2. The van der Waals surface area contributed by atoms with Crippen LogP contribution < -0.4 is 4.74 Å². The van der Waals surface area contributed by atoms with Crippen LogP contribution in [0.15, 0.2) is 48.5 Å². The first-order valence-corrected chi connectivity index (χ1v) is 10.6. The fourth-order valence-electron chi connectivity index (χ4n) is 3.90. The molecule has 0 saturated heterocycles. The van der Waals surface area contributed by atoms with E-state index in [1.54, 1.807) is 0 Å². The lowest BCUT2D eigenvalue weighted by Gasteiger charge is -2.25. The second-order valence-corrected chi connectivity index (χ2v) is 7.73. The first-order chi connectivity index (χ1) is 13.3. The van der Waals surface area contributed by atoms with Crippen molar-refractivity contribution in [2.75, 3.05) is 6.61 Å². The maximum absolute atomic E-state index is 5.66. The summed E-state index contributed by atoms with van der Waals surface area (Å²) < 4.78 is 5.66. The average molecular weight is 361 g/mol. The maximum Gasteiger partial charge on any atom is 0.119 e. The summed E-state index contributed by atoms with van der Waals surface area (Å²) in [6, 6.07) is 17.0. The van der Waals surface area contributed by atoms with Crippen LogP contribution in [-0.4, -0.2) is 6.61 Å². The van der Waals surface area contributed by atoms with Crippen molar-refractivity contribution in [2.45, 2.75) is 58.8 Å². The number of hydrogen-bond acceptors (Lipinski definition) is 1. The lowest BCUT2D eigenvalue weighted by Crippen LogP contribution is -2.13. The topological polar surface area (TPSA) is 9.23 Å². The van der Waals surface area contributed by atoms with Gasteiger partial charge in [0, 0.05) is 11.5 Å². The standard InChI is InChI=1S/C26H32O/c1-3-5-21-6-8-22(9-7-21)10-11-23-12-14-24(15-13-23)25-16-18-26(19-17-25)27-20-4-2/h12-19,21-22H,3-9,20H2,1-2H3/t21-,22-. The van der Waals surface area contributed by atoms with Gasteiger partial charge in [0.2, 0.25) is 0 Å². The van der Waals surface area contributed by atoms with Crippen LogP contribution in [0, 0.1) is 23.7 Å². The Morgan fingerprint density at radius 2 is 1.44 bits per heavy atom. The predicted octanol–water partition coefficient (Wildman–Crippen LogP) is 7.10. The predicted molar refractivity (Wildman–Crippen MR) is 115 cm³/mol. The normalized spacial score (nSPS) is 19.2. The molecule has 3 rings (SSSR count). The molecule has 1 aliphatic rings. The average Bonchev–Trinajstić information content (AvgIpc) is 2.73. The maximum atomic E-state index is 5.66. The highest BCUT2D eigenvalue weighted by Crippen LogP contribution is 2.31. The summed E-state index contributed by atoms with van der Waals surface area (Å²) in [5.74, 6) is 9.41. The van der Waals surface area contributed by atoms with Crippen molar-refractivity contribution < 1.29 is 4.74 Å². The lowest BCUT2D eigenvalue weighted by molar-refractivity contribution is 0.300. The van der Waals surface area contributed by atoms with Crippen molar-refractivity contribution >= 4 is 0 Å². The highest BCUT2D eigenvalue weighted by Gasteiger charge is 2.18. The molecule has 0 unspecified atom stereocenters. The van der Waals surface area contributed by atoms with Crippen LogP contribution in [0.1, 0.15) is 64.4 Å². The largest absolute Gasteiger partial charge is 0.494 e. The van der Waals surface area contributed by atoms with Crippen LogP contribution >= 0.6 is 0 Å². The van der Waals surface area contributed by atoms with Crippen molar-refractivity contribution in [3.63, 3.8) is 0 Å². The Morgan fingerprint density at radius 1 is 0.815 bits per heavy atom. The van der Waals surface area contributed by atoms with Gasteiger partial charge in [0.15, 0.2) is 0 Å². The Kier molecular flexibility index (Phi) is 7.40. The third kappa shape index (κ3) is 5.90. The molecule has 0 aromatic heterocycles. The number of hydrogen-bond donors (Lipinski definition) is 0. The van der Waals surface area contributed by atoms with Crippen LogP contribution in [0.2, 0.25) is 0 Å². The fraction of sp³-hybridized carbons (Fsp3) is 0.462. The van der Waals surface area contributed by atoms with Crippen LogP contribution in [0.25, 0.3) is 11.1 Å². The molecule has 2 aromatic rings. The van der Waals surface area contributed by atoms with E-state index in [9.17, 15) is 0 Å². The smallest absolute Gasteiger partial charge is 0.119 e. The fourth-order valence-corrected chi connectivity index (χ4v) is 3.90. The molecule has 0 spiro atoms. The van der Waals surface area contributed by atoms with E-state index in [0.717, 1.165) is 30.3 Å².